The van der Waals surface area contributed by atoms with Crippen LogP contribution in [0.1, 0.15) is 28.6 Å². The van der Waals surface area contributed by atoms with Crippen LogP contribution in [-0.4, -0.2) is 43.4 Å². The maximum atomic E-state index is 14.6. The number of carbonyl (C=O) groups excluding carboxylic acids is 1. The van der Waals surface area contributed by atoms with Gasteiger partial charge < -0.3 is 15.2 Å². The molecule has 1 fully saturated rings. The smallest absolute Gasteiger partial charge is 0.246 e. The topological polar surface area (TPSA) is 89.9 Å². The fourth-order valence-corrected chi connectivity index (χ4v) is 4.91. The van der Waals surface area contributed by atoms with Crippen LogP contribution >= 0.6 is 11.3 Å². The highest BCUT2D eigenvalue weighted by Crippen LogP contribution is 2.31. The molecule has 1 aliphatic heterocycles. The summed E-state index contributed by atoms with van der Waals surface area (Å²) in [6.45, 7) is 6.62. The molecule has 32 heavy (non-hydrogen) atoms. The number of benzene rings is 1. The molecule has 1 atom stereocenters. The van der Waals surface area contributed by atoms with E-state index < -0.39 is 5.82 Å². The van der Waals surface area contributed by atoms with E-state index in [-0.39, 0.29) is 17.5 Å². The number of likely N-dealkylation sites (tertiary alicyclic amines) is 1. The van der Waals surface area contributed by atoms with Crippen LogP contribution < -0.4 is 5.73 Å². The SMILES string of the molecule is C=CC(=O)N1CCC(n2cc(C#Cc3cc4nc(C)sc4cc3F)c3c(N)ncnc32)C1. The number of halogens is 1. The van der Waals surface area contributed by atoms with Gasteiger partial charge in [-0.2, -0.15) is 0 Å². The third kappa shape index (κ3) is 3.39. The lowest BCUT2D eigenvalue weighted by molar-refractivity contribution is -0.125. The minimum Gasteiger partial charge on any atom is -0.383 e. The number of aryl methyl sites for hydroxylation is 1. The molecule has 160 valence electrons. The van der Waals surface area contributed by atoms with Gasteiger partial charge in [0.25, 0.3) is 0 Å². The number of hydrogen-bond acceptors (Lipinski definition) is 6. The molecule has 4 aromatic rings. The first-order valence-electron chi connectivity index (χ1n) is 10.1. The highest BCUT2D eigenvalue weighted by molar-refractivity contribution is 7.18. The summed E-state index contributed by atoms with van der Waals surface area (Å²) in [4.78, 5) is 26.7. The lowest BCUT2D eigenvalue weighted by atomic mass is 10.1. The van der Waals surface area contributed by atoms with Crippen LogP contribution in [-0.2, 0) is 4.79 Å². The number of nitrogen functional groups attached to an aromatic ring is 1. The number of hydrogen-bond donors (Lipinski definition) is 1. The second-order valence-electron chi connectivity index (χ2n) is 7.62. The summed E-state index contributed by atoms with van der Waals surface area (Å²) in [5, 5.41) is 1.50. The molecule has 2 N–H and O–H groups in total. The fraction of sp³-hybridized carbons (Fsp3) is 0.217. The van der Waals surface area contributed by atoms with E-state index in [9.17, 15) is 9.18 Å². The minimum absolute atomic E-state index is 0.0253. The number of thiazole rings is 1. The summed E-state index contributed by atoms with van der Waals surface area (Å²) in [6.07, 6.45) is 5.36. The summed E-state index contributed by atoms with van der Waals surface area (Å²) >= 11 is 1.44. The van der Waals surface area contributed by atoms with E-state index in [2.05, 4.69) is 33.4 Å². The van der Waals surface area contributed by atoms with Gasteiger partial charge in [0.15, 0.2) is 0 Å². The molecule has 0 bridgehead atoms. The molecule has 0 aliphatic carbocycles. The minimum atomic E-state index is -0.393. The van der Waals surface area contributed by atoms with Crippen molar-refractivity contribution in [2.75, 3.05) is 18.8 Å². The fourth-order valence-electron chi connectivity index (χ4n) is 4.07. The van der Waals surface area contributed by atoms with Crippen LogP contribution in [0.5, 0.6) is 0 Å². The highest BCUT2D eigenvalue weighted by Gasteiger charge is 2.28. The Morgan fingerprint density at radius 1 is 1.34 bits per heavy atom. The van der Waals surface area contributed by atoms with E-state index in [1.807, 2.05) is 17.7 Å². The summed E-state index contributed by atoms with van der Waals surface area (Å²) in [5.41, 5.74) is 8.40. The number of fused-ring (bicyclic) bond motifs is 2. The van der Waals surface area contributed by atoms with Gasteiger partial charge in [0.1, 0.15) is 23.6 Å². The molecule has 5 rings (SSSR count). The Kier molecular flexibility index (Phi) is 4.87. The van der Waals surface area contributed by atoms with Crippen LogP contribution in [0.4, 0.5) is 10.2 Å². The molecule has 0 radical (unpaired) electrons. The first-order chi connectivity index (χ1) is 15.4. The van der Waals surface area contributed by atoms with Crippen molar-refractivity contribution in [3.05, 3.63) is 59.3 Å². The second kappa shape index (κ2) is 7.73. The summed E-state index contributed by atoms with van der Waals surface area (Å²) in [6, 6.07) is 3.15. The quantitative estimate of drug-likeness (QED) is 0.376. The zero-order valence-corrected chi connectivity index (χ0v) is 18.1. The van der Waals surface area contributed by atoms with E-state index in [0.29, 0.717) is 35.5 Å². The van der Waals surface area contributed by atoms with Crippen molar-refractivity contribution in [2.24, 2.45) is 0 Å². The molecule has 4 heterocycles. The van der Waals surface area contributed by atoms with E-state index >= 15 is 0 Å². The standard InChI is InChI=1S/C23H19FN6OS/c1-3-20(31)29-7-6-16(11-29)30-10-15(21-22(25)26-12-27-23(21)30)5-4-14-8-18-19(9-17(14)24)32-13(2)28-18/h3,8-10,12,16H,1,6-7,11H2,2H3,(H2,25,26,27). The normalized spacial score (nSPS) is 15.8. The molecule has 1 saturated heterocycles. The van der Waals surface area contributed by atoms with Crippen molar-refractivity contribution >= 4 is 44.3 Å². The maximum absolute atomic E-state index is 14.6. The Balaban J connectivity index is 1.57. The van der Waals surface area contributed by atoms with Gasteiger partial charge >= 0.3 is 0 Å². The molecule has 1 aromatic carbocycles. The Labute approximate surface area is 187 Å². The molecule has 3 aromatic heterocycles. The van der Waals surface area contributed by atoms with E-state index in [0.717, 1.165) is 21.6 Å². The predicted octanol–water partition coefficient (Wildman–Crippen LogP) is 3.43. The average molecular weight is 447 g/mol. The largest absolute Gasteiger partial charge is 0.383 e. The molecular formula is C23H19FN6OS. The van der Waals surface area contributed by atoms with Gasteiger partial charge in [-0.05, 0) is 31.6 Å². The van der Waals surface area contributed by atoms with E-state index in [1.165, 1.54) is 29.8 Å². The average Bonchev–Trinajstić information content (AvgIpc) is 3.48. The van der Waals surface area contributed by atoms with Crippen molar-refractivity contribution in [3.63, 3.8) is 0 Å². The Morgan fingerprint density at radius 3 is 2.97 bits per heavy atom. The van der Waals surface area contributed by atoms with Gasteiger partial charge in [0.2, 0.25) is 5.91 Å². The monoisotopic (exact) mass is 446 g/mol. The van der Waals surface area contributed by atoms with Gasteiger partial charge in [-0.1, -0.05) is 18.4 Å². The lowest BCUT2D eigenvalue weighted by Crippen LogP contribution is -2.27. The molecule has 1 aliphatic rings. The zero-order chi connectivity index (χ0) is 22.4. The maximum Gasteiger partial charge on any atom is 0.246 e. The van der Waals surface area contributed by atoms with Gasteiger partial charge in [0, 0.05) is 19.3 Å². The first-order valence-corrected chi connectivity index (χ1v) is 10.9. The summed E-state index contributed by atoms with van der Waals surface area (Å²) in [5.74, 6) is 5.80. The molecule has 0 saturated carbocycles. The first kappa shape index (κ1) is 20.2. The number of amides is 1. The summed E-state index contributed by atoms with van der Waals surface area (Å²) < 4.78 is 17.4. The summed E-state index contributed by atoms with van der Waals surface area (Å²) in [7, 11) is 0. The van der Waals surface area contributed by atoms with Crippen LogP contribution in [0.3, 0.4) is 0 Å². The Bertz CT molecular complexity index is 1460. The lowest BCUT2D eigenvalue weighted by Gasteiger charge is -2.15. The highest BCUT2D eigenvalue weighted by atomic mass is 32.1. The second-order valence-corrected chi connectivity index (χ2v) is 8.86. The number of rotatable bonds is 2. The molecule has 9 heteroatoms. The zero-order valence-electron chi connectivity index (χ0n) is 17.3. The number of aromatic nitrogens is 4. The predicted molar refractivity (Wildman–Crippen MR) is 123 cm³/mol. The van der Waals surface area contributed by atoms with Gasteiger partial charge in [-0.25, -0.2) is 19.3 Å². The van der Waals surface area contributed by atoms with E-state index in [1.54, 1.807) is 11.0 Å². The third-order valence-corrected chi connectivity index (χ3v) is 6.53. The number of anilines is 1. The molecule has 0 spiro atoms. The van der Waals surface area contributed by atoms with Crippen molar-refractivity contribution in [3.8, 4) is 11.8 Å². The van der Waals surface area contributed by atoms with Crippen LogP contribution in [0.15, 0.2) is 37.3 Å². The van der Waals surface area contributed by atoms with E-state index in [4.69, 9.17) is 5.73 Å². The number of nitrogens with zero attached hydrogens (tertiary/aromatic N) is 5. The number of carbonyl (C=O) groups is 1. The molecule has 1 amide bonds. The van der Waals surface area contributed by atoms with Crippen molar-refractivity contribution in [1.82, 2.24) is 24.4 Å². The Hall–Kier alpha value is -3.77. The van der Waals surface area contributed by atoms with Crippen LogP contribution in [0, 0.1) is 24.6 Å². The molecular weight excluding hydrogens is 427 g/mol. The molecule has 1 unspecified atom stereocenters. The van der Waals surface area contributed by atoms with Gasteiger partial charge in [-0.3, -0.25) is 4.79 Å². The molecule has 7 nitrogen and oxygen atoms in total. The van der Waals surface area contributed by atoms with Crippen molar-refractivity contribution in [2.45, 2.75) is 19.4 Å². The third-order valence-electron chi connectivity index (χ3n) is 5.60. The number of nitrogens with two attached hydrogens (primary N) is 1. The van der Waals surface area contributed by atoms with Crippen LogP contribution in [0.25, 0.3) is 21.3 Å². The van der Waals surface area contributed by atoms with Gasteiger partial charge in [-0.15, -0.1) is 11.3 Å². The Morgan fingerprint density at radius 2 is 2.16 bits per heavy atom. The van der Waals surface area contributed by atoms with Crippen LogP contribution in [0.2, 0.25) is 0 Å². The van der Waals surface area contributed by atoms with Crippen molar-refractivity contribution in [1.29, 1.82) is 0 Å². The van der Waals surface area contributed by atoms with Crippen molar-refractivity contribution < 1.29 is 9.18 Å². The van der Waals surface area contributed by atoms with Gasteiger partial charge in [0.05, 0.1) is 37.8 Å².